The van der Waals surface area contributed by atoms with Gasteiger partial charge in [-0.25, -0.2) is 4.79 Å². The molecule has 8 nitrogen and oxygen atoms in total. The van der Waals surface area contributed by atoms with Crippen molar-refractivity contribution in [1.29, 1.82) is 0 Å². The molecule has 0 unspecified atom stereocenters. The quantitative estimate of drug-likeness (QED) is 0.718. The van der Waals surface area contributed by atoms with Crippen LogP contribution in [-0.4, -0.2) is 29.1 Å². The molecule has 0 saturated carbocycles. The van der Waals surface area contributed by atoms with E-state index < -0.39 is 11.2 Å². The molecule has 2 aromatic rings. The first-order valence-corrected chi connectivity index (χ1v) is 9.35. The molecule has 3 N–H and O–H groups in total. The van der Waals surface area contributed by atoms with E-state index in [1.54, 1.807) is 0 Å². The number of rotatable bonds is 8. The van der Waals surface area contributed by atoms with Crippen LogP contribution >= 0.6 is 0 Å². The molecule has 0 atom stereocenters. The lowest BCUT2D eigenvalue weighted by Crippen LogP contribution is -2.39. The van der Waals surface area contributed by atoms with Crippen LogP contribution < -0.4 is 26.6 Å². The number of nitrogens with zero attached hydrogens (tertiary/aromatic N) is 2. The SMILES string of the molecule is CCCCn1c(N)c(N(C)C(=O)CCOc2ccc(C)cc2C)c(=O)[nH]c1=O. The van der Waals surface area contributed by atoms with Crippen LogP contribution in [0.2, 0.25) is 0 Å². The van der Waals surface area contributed by atoms with E-state index in [4.69, 9.17) is 10.5 Å². The van der Waals surface area contributed by atoms with E-state index in [2.05, 4.69) is 4.98 Å². The van der Waals surface area contributed by atoms with Gasteiger partial charge in [0.15, 0.2) is 5.69 Å². The number of aromatic amines is 1. The Labute approximate surface area is 163 Å². The minimum absolute atomic E-state index is 0.00616. The second-order valence-corrected chi connectivity index (χ2v) is 6.82. The third-order valence-corrected chi connectivity index (χ3v) is 4.56. The van der Waals surface area contributed by atoms with Crippen molar-refractivity contribution < 1.29 is 9.53 Å². The van der Waals surface area contributed by atoms with Crippen molar-refractivity contribution in [3.63, 3.8) is 0 Å². The van der Waals surface area contributed by atoms with Crippen molar-refractivity contribution in [1.82, 2.24) is 9.55 Å². The molecule has 0 fully saturated rings. The highest BCUT2D eigenvalue weighted by Crippen LogP contribution is 2.20. The highest BCUT2D eigenvalue weighted by molar-refractivity contribution is 5.95. The number of nitrogens with two attached hydrogens (primary N) is 1. The molecule has 0 aliphatic rings. The minimum Gasteiger partial charge on any atom is -0.493 e. The third-order valence-electron chi connectivity index (χ3n) is 4.56. The van der Waals surface area contributed by atoms with Gasteiger partial charge in [-0.15, -0.1) is 0 Å². The molecular weight excluding hydrogens is 360 g/mol. The lowest BCUT2D eigenvalue weighted by atomic mass is 10.1. The molecule has 2 rings (SSSR count). The number of anilines is 2. The molecule has 0 aliphatic heterocycles. The Morgan fingerprint density at radius 1 is 1.29 bits per heavy atom. The Kier molecular flexibility index (Phi) is 7.03. The van der Waals surface area contributed by atoms with E-state index in [0.717, 1.165) is 24.0 Å². The molecule has 0 saturated heterocycles. The van der Waals surface area contributed by atoms with Crippen molar-refractivity contribution >= 4 is 17.4 Å². The summed E-state index contributed by atoms with van der Waals surface area (Å²) in [5, 5.41) is 0. The summed E-state index contributed by atoms with van der Waals surface area (Å²) in [7, 11) is 1.47. The zero-order valence-electron chi connectivity index (χ0n) is 16.9. The number of H-pyrrole nitrogens is 1. The molecule has 152 valence electrons. The predicted molar refractivity (Wildman–Crippen MR) is 110 cm³/mol. The summed E-state index contributed by atoms with van der Waals surface area (Å²) in [6, 6.07) is 5.81. The van der Waals surface area contributed by atoms with E-state index >= 15 is 0 Å². The van der Waals surface area contributed by atoms with Crippen LogP contribution in [0.5, 0.6) is 5.75 Å². The Morgan fingerprint density at radius 2 is 2.00 bits per heavy atom. The first-order valence-electron chi connectivity index (χ1n) is 9.35. The fourth-order valence-electron chi connectivity index (χ4n) is 2.94. The monoisotopic (exact) mass is 388 g/mol. The number of hydrogen-bond donors (Lipinski definition) is 2. The Bertz CT molecular complexity index is 962. The van der Waals surface area contributed by atoms with E-state index in [-0.39, 0.29) is 30.4 Å². The molecule has 28 heavy (non-hydrogen) atoms. The van der Waals surface area contributed by atoms with Crippen LogP contribution in [0, 0.1) is 13.8 Å². The minimum atomic E-state index is -0.679. The Hall–Kier alpha value is -3.03. The standard InChI is InChI=1S/C20H28N4O4/c1-5-6-10-24-18(21)17(19(26)22-20(24)27)23(4)16(25)9-11-28-15-8-7-13(2)12-14(15)3/h7-8,12H,5-6,9-11,21H2,1-4H3,(H,22,26,27). The number of benzene rings is 1. The fourth-order valence-corrected chi connectivity index (χ4v) is 2.94. The second-order valence-electron chi connectivity index (χ2n) is 6.82. The lowest BCUT2D eigenvalue weighted by molar-refractivity contribution is -0.118. The van der Waals surface area contributed by atoms with Gasteiger partial charge in [-0.3, -0.25) is 19.1 Å². The van der Waals surface area contributed by atoms with Gasteiger partial charge in [-0.1, -0.05) is 31.0 Å². The van der Waals surface area contributed by atoms with E-state index in [9.17, 15) is 14.4 Å². The lowest BCUT2D eigenvalue weighted by Gasteiger charge is -2.20. The zero-order valence-corrected chi connectivity index (χ0v) is 16.9. The number of unbranched alkanes of at least 4 members (excludes halogenated alkanes) is 1. The van der Waals surface area contributed by atoms with Gasteiger partial charge in [0.25, 0.3) is 5.56 Å². The number of amides is 1. The number of aromatic nitrogens is 2. The number of nitrogens with one attached hydrogen (secondary N) is 1. The summed E-state index contributed by atoms with van der Waals surface area (Å²) >= 11 is 0. The summed E-state index contributed by atoms with van der Waals surface area (Å²) in [4.78, 5) is 40.2. The second kappa shape index (κ2) is 9.25. The largest absolute Gasteiger partial charge is 0.493 e. The van der Waals surface area contributed by atoms with Crippen LogP contribution in [0.15, 0.2) is 27.8 Å². The van der Waals surface area contributed by atoms with Crippen LogP contribution in [0.25, 0.3) is 0 Å². The topological polar surface area (TPSA) is 110 Å². The smallest absolute Gasteiger partial charge is 0.330 e. The average molecular weight is 388 g/mol. The normalized spacial score (nSPS) is 10.7. The highest BCUT2D eigenvalue weighted by atomic mass is 16.5. The van der Waals surface area contributed by atoms with E-state index in [0.29, 0.717) is 12.3 Å². The van der Waals surface area contributed by atoms with Crippen LogP contribution in [-0.2, 0) is 11.3 Å². The highest BCUT2D eigenvalue weighted by Gasteiger charge is 2.20. The van der Waals surface area contributed by atoms with Crippen molar-refractivity contribution in [2.24, 2.45) is 0 Å². The molecule has 8 heteroatoms. The van der Waals surface area contributed by atoms with Gasteiger partial charge < -0.3 is 15.4 Å². The zero-order chi connectivity index (χ0) is 20.8. The van der Waals surface area contributed by atoms with Gasteiger partial charge in [0.1, 0.15) is 11.6 Å². The molecule has 0 radical (unpaired) electrons. The van der Waals surface area contributed by atoms with Crippen molar-refractivity contribution in [2.75, 3.05) is 24.3 Å². The summed E-state index contributed by atoms with van der Waals surface area (Å²) < 4.78 is 6.97. The number of carbonyl (C=O) groups is 1. The van der Waals surface area contributed by atoms with Gasteiger partial charge in [0.2, 0.25) is 5.91 Å². The average Bonchev–Trinajstić information content (AvgIpc) is 2.62. The summed E-state index contributed by atoms with van der Waals surface area (Å²) in [6.07, 6.45) is 1.67. The first kappa shape index (κ1) is 21.3. The first-order chi connectivity index (χ1) is 13.3. The number of hydrogen-bond acceptors (Lipinski definition) is 5. The fraction of sp³-hybridized carbons (Fsp3) is 0.450. The van der Waals surface area contributed by atoms with Gasteiger partial charge in [0, 0.05) is 13.6 Å². The molecule has 1 amide bonds. The number of nitrogen functional groups attached to an aromatic ring is 1. The van der Waals surface area contributed by atoms with Gasteiger partial charge in [0.05, 0.1) is 13.0 Å². The maximum atomic E-state index is 12.5. The third kappa shape index (κ3) is 4.82. The molecule has 0 spiro atoms. The summed E-state index contributed by atoms with van der Waals surface area (Å²) in [6.45, 7) is 6.47. The van der Waals surface area contributed by atoms with Crippen LogP contribution in [0.1, 0.15) is 37.3 Å². The van der Waals surface area contributed by atoms with Gasteiger partial charge >= 0.3 is 5.69 Å². The summed E-state index contributed by atoms with van der Waals surface area (Å²) in [5.41, 5.74) is 6.89. The Morgan fingerprint density at radius 3 is 2.64 bits per heavy atom. The van der Waals surface area contributed by atoms with Crippen molar-refractivity contribution in [3.8, 4) is 5.75 Å². The molecule has 1 heterocycles. The Balaban J connectivity index is 2.12. The molecule has 1 aromatic heterocycles. The predicted octanol–water partition coefficient (Wildman–Crippen LogP) is 1.97. The molecule has 1 aromatic carbocycles. The van der Waals surface area contributed by atoms with Crippen LogP contribution in [0.3, 0.4) is 0 Å². The number of aryl methyl sites for hydroxylation is 2. The van der Waals surface area contributed by atoms with E-state index in [1.165, 1.54) is 16.5 Å². The molecule has 0 bridgehead atoms. The molecular formula is C20H28N4O4. The number of ether oxygens (including phenoxy) is 1. The number of carbonyl (C=O) groups excluding carboxylic acids is 1. The van der Waals surface area contributed by atoms with Crippen molar-refractivity contribution in [3.05, 3.63) is 50.2 Å². The maximum Gasteiger partial charge on any atom is 0.330 e. The summed E-state index contributed by atoms with van der Waals surface area (Å²) in [5.74, 6) is 0.377. The molecule has 0 aliphatic carbocycles. The van der Waals surface area contributed by atoms with Gasteiger partial charge in [-0.2, -0.15) is 0 Å². The van der Waals surface area contributed by atoms with Crippen molar-refractivity contribution in [2.45, 2.75) is 46.6 Å². The maximum absolute atomic E-state index is 12.5. The van der Waals surface area contributed by atoms with Gasteiger partial charge in [-0.05, 0) is 31.9 Å². The van der Waals surface area contributed by atoms with E-state index in [1.807, 2.05) is 39.0 Å². The van der Waals surface area contributed by atoms with Crippen LogP contribution in [0.4, 0.5) is 11.5 Å².